The zero-order valence-electron chi connectivity index (χ0n) is 14.6. The van der Waals surface area contributed by atoms with Crippen LogP contribution in [-0.2, 0) is 4.79 Å². The minimum Gasteiger partial charge on any atom is -0.342 e. The van der Waals surface area contributed by atoms with Crippen molar-refractivity contribution in [3.8, 4) is 5.69 Å². The Balaban J connectivity index is 2.07. The molecule has 128 valence electrons. The molecular weight excluding hydrogens is 306 g/mol. The van der Waals surface area contributed by atoms with Crippen LogP contribution >= 0.6 is 0 Å². The average molecular weight is 329 g/mol. The summed E-state index contributed by atoms with van der Waals surface area (Å²) in [5, 5.41) is 7.92. The lowest BCUT2D eigenvalue weighted by Gasteiger charge is -2.22. The molecule has 0 aliphatic rings. The third kappa shape index (κ3) is 3.98. The molecule has 0 saturated heterocycles. The minimum atomic E-state index is -0.325. The second kappa shape index (κ2) is 7.72. The second-order valence-electron chi connectivity index (χ2n) is 5.61. The smallest absolute Gasteiger partial charge is 0.276 e. The topological polar surface area (TPSA) is 71.3 Å². The highest BCUT2D eigenvalue weighted by Crippen LogP contribution is 2.09. The predicted octanol–water partition coefficient (Wildman–Crippen LogP) is 1.52. The molecule has 0 fully saturated rings. The quantitative estimate of drug-likeness (QED) is 0.805. The molecule has 0 spiro atoms. The van der Waals surface area contributed by atoms with Gasteiger partial charge >= 0.3 is 0 Å². The number of likely N-dealkylation sites (N-methyl/N-ethyl adjacent to an activating group) is 2. The SMILES string of the molecule is CCN(CC)C(=O)CN(C)C(=O)c1cn(-c2ccc(C)cc2)nn1. The van der Waals surface area contributed by atoms with Gasteiger partial charge < -0.3 is 9.80 Å². The highest BCUT2D eigenvalue weighted by Gasteiger charge is 2.20. The lowest BCUT2D eigenvalue weighted by molar-refractivity contribution is -0.131. The summed E-state index contributed by atoms with van der Waals surface area (Å²) in [6.45, 7) is 7.11. The monoisotopic (exact) mass is 329 g/mol. The predicted molar refractivity (Wildman–Crippen MR) is 91.0 cm³/mol. The fourth-order valence-corrected chi connectivity index (χ4v) is 2.33. The van der Waals surface area contributed by atoms with Crippen molar-refractivity contribution in [2.45, 2.75) is 20.8 Å². The summed E-state index contributed by atoms with van der Waals surface area (Å²) in [5.74, 6) is -0.407. The van der Waals surface area contributed by atoms with Crippen LogP contribution in [-0.4, -0.2) is 63.3 Å². The Morgan fingerprint density at radius 3 is 2.33 bits per heavy atom. The van der Waals surface area contributed by atoms with Crippen LogP contribution in [0.25, 0.3) is 5.69 Å². The zero-order valence-corrected chi connectivity index (χ0v) is 14.6. The Bertz CT molecular complexity index is 704. The van der Waals surface area contributed by atoms with Crippen molar-refractivity contribution in [2.24, 2.45) is 0 Å². The maximum atomic E-state index is 12.4. The summed E-state index contributed by atoms with van der Waals surface area (Å²) in [7, 11) is 1.59. The highest BCUT2D eigenvalue weighted by atomic mass is 16.2. The lowest BCUT2D eigenvalue weighted by Crippen LogP contribution is -2.41. The number of aryl methyl sites for hydroxylation is 1. The van der Waals surface area contributed by atoms with Gasteiger partial charge in [-0.05, 0) is 32.9 Å². The number of carbonyl (C=O) groups excluding carboxylic acids is 2. The minimum absolute atomic E-state index is 0.0257. The molecule has 0 aliphatic heterocycles. The maximum Gasteiger partial charge on any atom is 0.276 e. The molecule has 0 radical (unpaired) electrons. The van der Waals surface area contributed by atoms with Crippen molar-refractivity contribution >= 4 is 11.8 Å². The van der Waals surface area contributed by atoms with Crippen LogP contribution in [0.15, 0.2) is 30.5 Å². The first-order chi connectivity index (χ1) is 11.5. The van der Waals surface area contributed by atoms with Crippen molar-refractivity contribution in [1.29, 1.82) is 0 Å². The molecule has 2 rings (SSSR count). The van der Waals surface area contributed by atoms with Gasteiger partial charge in [-0.25, -0.2) is 4.68 Å². The van der Waals surface area contributed by atoms with Gasteiger partial charge in [0.1, 0.15) is 0 Å². The molecule has 0 atom stereocenters. The van der Waals surface area contributed by atoms with E-state index in [0.717, 1.165) is 11.3 Å². The number of aromatic nitrogens is 3. The van der Waals surface area contributed by atoms with E-state index in [1.807, 2.05) is 45.0 Å². The summed E-state index contributed by atoms with van der Waals surface area (Å²) in [6.07, 6.45) is 1.57. The van der Waals surface area contributed by atoms with Crippen molar-refractivity contribution < 1.29 is 9.59 Å². The Morgan fingerprint density at radius 1 is 1.12 bits per heavy atom. The van der Waals surface area contributed by atoms with E-state index in [0.29, 0.717) is 13.1 Å². The first kappa shape index (κ1) is 17.7. The molecule has 7 nitrogen and oxygen atoms in total. The lowest BCUT2D eigenvalue weighted by atomic mass is 10.2. The van der Waals surface area contributed by atoms with Crippen LogP contribution in [0.3, 0.4) is 0 Å². The molecule has 24 heavy (non-hydrogen) atoms. The van der Waals surface area contributed by atoms with E-state index in [4.69, 9.17) is 0 Å². The number of carbonyl (C=O) groups is 2. The van der Waals surface area contributed by atoms with Crippen molar-refractivity contribution in [2.75, 3.05) is 26.7 Å². The normalized spacial score (nSPS) is 10.5. The Hall–Kier alpha value is -2.70. The Kier molecular flexibility index (Phi) is 5.68. The molecule has 1 aromatic heterocycles. The van der Waals surface area contributed by atoms with E-state index in [-0.39, 0.29) is 24.1 Å². The Morgan fingerprint density at radius 2 is 1.75 bits per heavy atom. The van der Waals surface area contributed by atoms with E-state index in [1.54, 1.807) is 22.8 Å². The molecular formula is C17H23N5O2. The van der Waals surface area contributed by atoms with E-state index < -0.39 is 0 Å². The van der Waals surface area contributed by atoms with Crippen LogP contribution in [0.1, 0.15) is 29.9 Å². The number of rotatable bonds is 6. The number of amides is 2. The number of hydrogen-bond acceptors (Lipinski definition) is 4. The van der Waals surface area contributed by atoms with Gasteiger partial charge in [0.15, 0.2) is 5.69 Å². The summed E-state index contributed by atoms with van der Waals surface area (Å²) in [6, 6.07) is 7.75. The molecule has 1 aromatic carbocycles. The summed E-state index contributed by atoms with van der Waals surface area (Å²) in [5.41, 5.74) is 2.18. The van der Waals surface area contributed by atoms with Crippen molar-refractivity contribution in [3.05, 3.63) is 41.7 Å². The fraction of sp³-hybridized carbons (Fsp3) is 0.412. The van der Waals surface area contributed by atoms with Crippen LogP contribution in [0, 0.1) is 6.92 Å². The molecule has 0 unspecified atom stereocenters. The van der Waals surface area contributed by atoms with E-state index >= 15 is 0 Å². The summed E-state index contributed by atoms with van der Waals surface area (Å²) in [4.78, 5) is 27.6. The van der Waals surface area contributed by atoms with Gasteiger partial charge in [0.25, 0.3) is 5.91 Å². The van der Waals surface area contributed by atoms with Crippen LogP contribution < -0.4 is 0 Å². The largest absolute Gasteiger partial charge is 0.342 e. The third-order valence-electron chi connectivity index (χ3n) is 3.85. The molecule has 0 N–H and O–H groups in total. The van der Waals surface area contributed by atoms with Crippen LogP contribution in [0.5, 0.6) is 0 Å². The van der Waals surface area contributed by atoms with Gasteiger partial charge in [-0.15, -0.1) is 5.10 Å². The number of benzene rings is 1. The Labute approximate surface area is 141 Å². The van der Waals surface area contributed by atoms with Gasteiger partial charge in [-0.3, -0.25) is 9.59 Å². The molecule has 0 saturated carbocycles. The average Bonchev–Trinajstić information content (AvgIpc) is 3.05. The zero-order chi connectivity index (χ0) is 17.7. The molecule has 0 bridgehead atoms. The van der Waals surface area contributed by atoms with Crippen molar-refractivity contribution in [1.82, 2.24) is 24.8 Å². The second-order valence-corrected chi connectivity index (χ2v) is 5.61. The highest BCUT2D eigenvalue weighted by molar-refractivity contribution is 5.94. The molecule has 0 aliphatic carbocycles. The van der Waals surface area contributed by atoms with Crippen LogP contribution in [0.2, 0.25) is 0 Å². The first-order valence-electron chi connectivity index (χ1n) is 7.98. The molecule has 2 aromatic rings. The standard InChI is InChI=1S/C17H23N5O2/c1-5-21(6-2)16(23)12-20(4)17(24)15-11-22(19-18-15)14-9-7-13(3)8-10-14/h7-11H,5-6,12H2,1-4H3. The van der Waals surface area contributed by atoms with Gasteiger partial charge in [-0.2, -0.15) is 0 Å². The third-order valence-corrected chi connectivity index (χ3v) is 3.85. The van der Waals surface area contributed by atoms with E-state index in [9.17, 15) is 9.59 Å². The molecule has 1 heterocycles. The van der Waals surface area contributed by atoms with Crippen LogP contribution in [0.4, 0.5) is 0 Å². The number of nitrogens with zero attached hydrogens (tertiary/aromatic N) is 5. The fourth-order valence-electron chi connectivity index (χ4n) is 2.33. The number of hydrogen-bond donors (Lipinski definition) is 0. The van der Waals surface area contributed by atoms with Gasteiger partial charge in [0.2, 0.25) is 5.91 Å². The molecule has 7 heteroatoms. The summed E-state index contributed by atoms with van der Waals surface area (Å²) < 4.78 is 1.55. The maximum absolute atomic E-state index is 12.4. The van der Waals surface area contributed by atoms with E-state index in [1.165, 1.54) is 4.90 Å². The molecule has 2 amide bonds. The summed E-state index contributed by atoms with van der Waals surface area (Å²) >= 11 is 0. The van der Waals surface area contributed by atoms with Gasteiger partial charge in [0.05, 0.1) is 18.4 Å². The first-order valence-corrected chi connectivity index (χ1v) is 7.98. The van der Waals surface area contributed by atoms with E-state index in [2.05, 4.69) is 10.3 Å². The van der Waals surface area contributed by atoms with Crippen molar-refractivity contribution in [3.63, 3.8) is 0 Å². The van der Waals surface area contributed by atoms with Gasteiger partial charge in [-0.1, -0.05) is 22.9 Å². The van der Waals surface area contributed by atoms with Gasteiger partial charge in [0, 0.05) is 20.1 Å².